The average molecular weight is 271 g/mol. The first-order valence-corrected chi connectivity index (χ1v) is 6.43. The monoisotopic (exact) mass is 271 g/mol. The molecule has 2 aromatic rings. The molecule has 0 aliphatic carbocycles. The van der Waals surface area contributed by atoms with Gasteiger partial charge in [0.25, 0.3) is 5.69 Å². The number of non-ortho nitro benzene ring substituents is 1. The van der Waals surface area contributed by atoms with Gasteiger partial charge in [-0.1, -0.05) is 24.3 Å². The molecule has 0 bridgehead atoms. The van der Waals surface area contributed by atoms with Crippen molar-refractivity contribution in [2.75, 3.05) is 12.3 Å². The maximum Gasteiger partial charge on any atom is 0.269 e. The van der Waals surface area contributed by atoms with Gasteiger partial charge < -0.3 is 11.1 Å². The van der Waals surface area contributed by atoms with Crippen molar-refractivity contribution < 1.29 is 4.92 Å². The molecular formula is C15H17N3O2. The Hall–Kier alpha value is -2.40. The molecule has 5 nitrogen and oxygen atoms in total. The second-order valence-corrected chi connectivity index (χ2v) is 4.59. The van der Waals surface area contributed by atoms with Gasteiger partial charge in [0.2, 0.25) is 0 Å². The zero-order chi connectivity index (χ0) is 14.4. The van der Waals surface area contributed by atoms with Crippen LogP contribution in [0.1, 0.15) is 11.1 Å². The first-order valence-electron chi connectivity index (χ1n) is 6.43. The number of hydrogen-bond donors (Lipinski definition) is 2. The highest BCUT2D eigenvalue weighted by Crippen LogP contribution is 2.11. The van der Waals surface area contributed by atoms with E-state index in [1.54, 1.807) is 12.1 Å². The molecule has 0 aromatic heterocycles. The summed E-state index contributed by atoms with van der Waals surface area (Å²) < 4.78 is 0. The third kappa shape index (κ3) is 4.07. The first-order chi connectivity index (χ1) is 9.65. The van der Waals surface area contributed by atoms with Crippen LogP contribution in [0.2, 0.25) is 0 Å². The van der Waals surface area contributed by atoms with Crippen molar-refractivity contribution in [2.45, 2.75) is 13.0 Å². The van der Waals surface area contributed by atoms with Crippen molar-refractivity contribution in [1.29, 1.82) is 0 Å². The Labute approximate surface area is 117 Å². The van der Waals surface area contributed by atoms with E-state index in [1.165, 1.54) is 17.7 Å². The van der Waals surface area contributed by atoms with Crippen molar-refractivity contribution in [3.8, 4) is 0 Å². The Bertz CT molecular complexity index is 565. The summed E-state index contributed by atoms with van der Waals surface area (Å²) in [6, 6.07) is 14.4. The van der Waals surface area contributed by atoms with E-state index < -0.39 is 4.92 Å². The molecule has 0 heterocycles. The molecule has 0 atom stereocenters. The maximum atomic E-state index is 10.5. The van der Waals surface area contributed by atoms with Gasteiger partial charge in [0.05, 0.1) is 4.92 Å². The molecular weight excluding hydrogens is 254 g/mol. The molecule has 0 saturated heterocycles. The molecule has 3 N–H and O–H groups in total. The summed E-state index contributed by atoms with van der Waals surface area (Å²) in [4.78, 5) is 10.1. The number of nitro benzene ring substituents is 1. The predicted octanol–water partition coefficient (Wildman–Crippen LogP) is 2.51. The Balaban J connectivity index is 1.75. The fraction of sp³-hybridized carbons (Fsp3) is 0.200. The van der Waals surface area contributed by atoms with E-state index >= 15 is 0 Å². The van der Waals surface area contributed by atoms with Gasteiger partial charge in [-0.15, -0.1) is 0 Å². The van der Waals surface area contributed by atoms with Gasteiger partial charge in [0.15, 0.2) is 0 Å². The number of nitrogens with zero attached hydrogens (tertiary/aromatic N) is 1. The number of benzene rings is 2. The highest BCUT2D eigenvalue weighted by atomic mass is 16.6. The van der Waals surface area contributed by atoms with Gasteiger partial charge in [-0.25, -0.2) is 0 Å². The molecule has 0 fully saturated rings. The minimum absolute atomic E-state index is 0.121. The van der Waals surface area contributed by atoms with Gasteiger partial charge in [-0.2, -0.15) is 0 Å². The number of nitrogens with one attached hydrogen (secondary N) is 1. The second kappa shape index (κ2) is 6.68. The van der Waals surface area contributed by atoms with Crippen LogP contribution < -0.4 is 11.1 Å². The third-order valence-corrected chi connectivity index (χ3v) is 3.05. The summed E-state index contributed by atoms with van der Waals surface area (Å²) in [6.45, 7) is 1.55. The first kappa shape index (κ1) is 14.0. The summed E-state index contributed by atoms with van der Waals surface area (Å²) in [7, 11) is 0. The van der Waals surface area contributed by atoms with E-state index in [0.717, 1.165) is 24.2 Å². The van der Waals surface area contributed by atoms with Gasteiger partial charge >= 0.3 is 0 Å². The number of nitrogen functional groups attached to an aromatic ring is 1. The summed E-state index contributed by atoms with van der Waals surface area (Å²) in [5.41, 5.74) is 8.79. The zero-order valence-corrected chi connectivity index (χ0v) is 11.1. The van der Waals surface area contributed by atoms with Crippen LogP contribution in [0, 0.1) is 10.1 Å². The standard InChI is InChI=1S/C15H17N3O2/c16-14-5-1-12(2-6-14)9-10-17-11-13-3-7-15(8-4-13)18(19)20/h1-8,17H,9-11,16H2. The zero-order valence-electron chi connectivity index (χ0n) is 11.1. The molecule has 104 valence electrons. The highest BCUT2D eigenvalue weighted by Gasteiger charge is 2.03. The minimum atomic E-state index is -0.391. The smallest absolute Gasteiger partial charge is 0.269 e. The number of nitrogens with two attached hydrogens (primary N) is 1. The Kier molecular flexibility index (Phi) is 4.68. The summed E-state index contributed by atoms with van der Waals surface area (Å²) in [6.07, 6.45) is 0.924. The van der Waals surface area contributed by atoms with E-state index in [-0.39, 0.29) is 5.69 Å². The summed E-state index contributed by atoms with van der Waals surface area (Å²) in [5.74, 6) is 0. The Morgan fingerprint density at radius 3 is 2.20 bits per heavy atom. The predicted molar refractivity (Wildman–Crippen MR) is 79.4 cm³/mol. The number of nitro groups is 1. The minimum Gasteiger partial charge on any atom is -0.399 e. The van der Waals surface area contributed by atoms with Crippen molar-refractivity contribution in [3.05, 3.63) is 69.8 Å². The summed E-state index contributed by atoms with van der Waals surface area (Å²) in [5, 5.41) is 13.8. The lowest BCUT2D eigenvalue weighted by Gasteiger charge is -2.05. The van der Waals surface area contributed by atoms with E-state index in [4.69, 9.17) is 5.73 Å². The van der Waals surface area contributed by atoms with Crippen LogP contribution in [0.4, 0.5) is 11.4 Å². The molecule has 0 amide bonds. The molecule has 2 rings (SSSR count). The van der Waals surface area contributed by atoms with E-state index in [1.807, 2.05) is 24.3 Å². The van der Waals surface area contributed by atoms with Crippen LogP contribution >= 0.6 is 0 Å². The van der Waals surface area contributed by atoms with Crippen molar-refractivity contribution in [1.82, 2.24) is 5.32 Å². The highest BCUT2D eigenvalue weighted by molar-refractivity contribution is 5.39. The SMILES string of the molecule is Nc1ccc(CCNCc2ccc([N+](=O)[O-])cc2)cc1. The molecule has 0 aliphatic heterocycles. The van der Waals surface area contributed by atoms with Gasteiger partial charge in [0.1, 0.15) is 0 Å². The molecule has 20 heavy (non-hydrogen) atoms. The van der Waals surface area contributed by atoms with E-state index in [0.29, 0.717) is 6.54 Å². The Morgan fingerprint density at radius 1 is 1.00 bits per heavy atom. The van der Waals surface area contributed by atoms with Crippen LogP contribution in [-0.2, 0) is 13.0 Å². The van der Waals surface area contributed by atoms with Gasteiger partial charge in [-0.05, 0) is 36.2 Å². The van der Waals surface area contributed by atoms with Crippen LogP contribution in [0.3, 0.4) is 0 Å². The largest absolute Gasteiger partial charge is 0.399 e. The van der Waals surface area contributed by atoms with Gasteiger partial charge in [-0.3, -0.25) is 10.1 Å². The third-order valence-electron chi connectivity index (χ3n) is 3.05. The van der Waals surface area contributed by atoms with Crippen molar-refractivity contribution in [3.63, 3.8) is 0 Å². The van der Waals surface area contributed by atoms with Crippen LogP contribution in [-0.4, -0.2) is 11.5 Å². The fourth-order valence-electron chi connectivity index (χ4n) is 1.89. The molecule has 2 aromatic carbocycles. The lowest BCUT2D eigenvalue weighted by Crippen LogP contribution is -2.16. The fourth-order valence-corrected chi connectivity index (χ4v) is 1.89. The molecule has 0 radical (unpaired) electrons. The molecule has 0 aliphatic rings. The van der Waals surface area contributed by atoms with Gasteiger partial charge in [0, 0.05) is 24.4 Å². The lowest BCUT2D eigenvalue weighted by molar-refractivity contribution is -0.384. The van der Waals surface area contributed by atoms with Crippen LogP contribution in [0.5, 0.6) is 0 Å². The van der Waals surface area contributed by atoms with E-state index in [9.17, 15) is 10.1 Å². The number of hydrogen-bond acceptors (Lipinski definition) is 4. The number of anilines is 1. The topological polar surface area (TPSA) is 81.2 Å². The summed E-state index contributed by atoms with van der Waals surface area (Å²) >= 11 is 0. The molecule has 0 unspecified atom stereocenters. The van der Waals surface area contributed by atoms with Crippen LogP contribution in [0.25, 0.3) is 0 Å². The normalized spacial score (nSPS) is 10.4. The average Bonchev–Trinajstić information content (AvgIpc) is 2.46. The van der Waals surface area contributed by atoms with Crippen molar-refractivity contribution in [2.24, 2.45) is 0 Å². The molecule has 0 saturated carbocycles. The second-order valence-electron chi connectivity index (χ2n) is 4.59. The van der Waals surface area contributed by atoms with Crippen LogP contribution in [0.15, 0.2) is 48.5 Å². The van der Waals surface area contributed by atoms with Crippen molar-refractivity contribution >= 4 is 11.4 Å². The Morgan fingerprint density at radius 2 is 1.60 bits per heavy atom. The molecule has 5 heteroatoms. The maximum absolute atomic E-state index is 10.5. The number of rotatable bonds is 6. The van der Waals surface area contributed by atoms with E-state index in [2.05, 4.69) is 5.32 Å². The molecule has 0 spiro atoms. The lowest BCUT2D eigenvalue weighted by atomic mass is 10.1. The quantitative estimate of drug-likeness (QED) is 0.366.